The second kappa shape index (κ2) is 5.57. The first-order chi connectivity index (χ1) is 8.13. The predicted octanol–water partition coefficient (Wildman–Crippen LogP) is 3.26. The van der Waals surface area contributed by atoms with Crippen molar-refractivity contribution in [2.75, 3.05) is 24.5 Å². The van der Waals surface area contributed by atoms with Gasteiger partial charge in [-0.05, 0) is 67.1 Å². The molecule has 1 atom stereocenters. The molecule has 0 amide bonds. The fraction of sp³-hybridized carbons (Fsp3) is 0.571. The zero-order chi connectivity index (χ0) is 12.3. The van der Waals surface area contributed by atoms with E-state index in [4.69, 9.17) is 0 Å². The van der Waals surface area contributed by atoms with E-state index < -0.39 is 0 Å². The molecule has 1 aromatic rings. The number of halogens is 1. The summed E-state index contributed by atoms with van der Waals surface area (Å²) in [5.41, 5.74) is 1.61. The van der Waals surface area contributed by atoms with Crippen molar-refractivity contribution in [3.8, 4) is 0 Å². The Labute approximate surface area is 118 Å². The van der Waals surface area contributed by atoms with Crippen molar-refractivity contribution in [3.63, 3.8) is 0 Å². The minimum absolute atomic E-state index is 0.248. The largest absolute Gasteiger partial charge is 0.370 e. The maximum absolute atomic E-state index is 3.68. The van der Waals surface area contributed by atoms with E-state index in [1.54, 1.807) is 0 Å². The summed E-state index contributed by atoms with van der Waals surface area (Å²) in [5, 5.41) is 3.68. The Bertz CT molecular complexity index is 380. The monoisotopic (exact) mass is 344 g/mol. The molecule has 94 valence electrons. The summed E-state index contributed by atoms with van der Waals surface area (Å²) in [6.07, 6.45) is 2.40. The van der Waals surface area contributed by atoms with Gasteiger partial charge in [-0.2, -0.15) is 0 Å². The Kier molecular flexibility index (Phi) is 4.31. The maximum atomic E-state index is 3.68. The van der Waals surface area contributed by atoms with Crippen molar-refractivity contribution in [1.82, 2.24) is 5.32 Å². The number of benzene rings is 1. The Morgan fingerprint density at radius 3 is 3.00 bits per heavy atom. The molecule has 17 heavy (non-hydrogen) atoms. The van der Waals surface area contributed by atoms with Gasteiger partial charge >= 0.3 is 0 Å². The highest BCUT2D eigenvalue weighted by Crippen LogP contribution is 2.23. The summed E-state index contributed by atoms with van der Waals surface area (Å²) in [6, 6.07) is 8.81. The predicted molar refractivity (Wildman–Crippen MR) is 82.7 cm³/mol. The van der Waals surface area contributed by atoms with E-state index in [9.17, 15) is 0 Å². The Hall–Kier alpha value is -0.290. The van der Waals surface area contributed by atoms with Gasteiger partial charge in [-0.15, -0.1) is 0 Å². The Morgan fingerprint density at radius 1 is 1.47 bits per heavy atom. The number of hydrogen-bond donors (Lipinski definition) is 1. The third-order valence-corrected chi connectivity index (χ3v) is 4.32. The van der Waals surface area contributed by atoms with Gasteiger partial charge in [0, 0.05) is 27.9 Å². The molecule has 1 N–H and O–H groups in total. The molecule has 1 heterocycles. The molecule has 2 rings (SSSR count). The first-order valence-corrected chi connectivity index (χ1v) is 7.46. The molecule has 2 nitrogen and oxygen atoms in total. The van der Waals surface area contributed by atoms with Crippen molar-refractivity contribution >= 4 is 28.3 Å². The van der Waals surface area contributed by atoms with Crippen LogP contribution in [0.1, 0.15) is 26.7 Å². The SMILES string of the molecule is CCC1(C)CN(c2cccc(I)c2)CCCN1. The van der Waals surface area contributed by atoms with Crippen molar-refractivity contribution in [3.05, 3.63) is 27.8 Å². The van der Waals surface area contributed by atoms with Crippen LogP contribution in [0.15, 0.2) is 24.3 Å². The molecular weight excluding hydrogens is 323 g/mol. The molecule has 3 heteroatoms. The van der Waals surface area contributed by atoms with Gasteiger partial charge in [-0.25, -0.2) is 0 Å². The second-order valence-electron chi connectivity index (χ2n) is 5.10. The van der Waals surface area contributed by atoms with Gasteiger partial charge < -0.3 is 10.2 Å². The van der Waals surface area contributed by atoms with Gasteiger partial charge in [0.1, 0.15) is 0 Å². The average Bonchev–Trinajstić information content (AvgIpc) is 2.52. The molecule has 0 aliphatic carbocycles. The summed E-state index contributed by atoms with van der Waals surface area (Å²) >= 11 is 2.39. The second-order valence-corrected chi connectivity index (χ2v) is 6.34. The number of anilines is 1. The number of hydrogen-bond acceptors (Lipinski definition) is 2. The highest BCUT2D eigenvalue weighted by molar-refractivity contribution is 14.1. The molecule has 0 spiro atoms. The topological polar surface area (TPSA) is 15.3 Å². The minimum atomic E-state index is 0.248. The van der Waals surface area contributed by atoms with E-state index in [0.717, 1.165) is 19.6 Å². The van der Waals surface area contributed by atoms with Gasteiger partial charge in [0.2, 0.25) is 0 Å². The normalized spacial score (nSPS) is 25.7. The first kappa shape index (κ1) is 13.1. The Balaban J connectivity index is 2.19. The Morgan fingerprint density at radius 2 is 2.29 bits per heavy atom. The zero-order valence-corrected chi connectivity index (χ0v) is 12.8. The minimum Gasteiger partial charge on any atom is -0.370 e. The number of nitrogens with zero attached hydrogens (tertiary/aromatic N) is 1. The lowest BCUT2D eigenvalue weighted by Gasteiger charge is -2.34. The van der Waals surface area contributed by atoms with Crippen LogP contribution in [0.3, 0.4) is 0 Å². The third kappa shape index (κ3) is 3.35. The molecule has 0 bridgehead atoms. The quantitative estimate of drug-likeness (QED) is 0.829. The van der Waals surface area contributed by atoms with Gasteiger partial charge in [-0.3, -0.25) is 0 Å². The van der Waals surface area contributed by atoms with E-state index in [2.05, 4.69) is 70.9 Å². The van der Waals surface area contributed by atoms with Gasteiger partial charge in [-0.1, -0.05) is 13.0 Å². The fourth-order valence-electron chi connectivity index (χ4n) is 2.35. The van der Waals surface area contributed by atoms with Gasteiger partial charge in [0.25, 0.3) is 0 Å². The van der Waals surface area contributed by atoms with Crippen LogP contribution in [0.2, 0.25) is 0 Å². The molecule has 0 saturated carbocycles. The summed E-state index contributed by atoms with van der Waals surface area (Å²) in [4.78, 5) is 2.52. The molecule has 1 fully saturated rings. The third-order valence-electron chi connectivity index (χ3n) is 3.65. The van der Waals surface area contributed by atoms with Crippen LogP contribution in [0, 0.1) is 3.57 Å². The lowest BCUT2D eigenvalue weighted by Crippen LogP contribution is -2.48. The van der Waals surface area contributed by atoms with Crippen LogP contribution in [-0.2, 0) is 0 Å². The van der Waals surface area contributed by atoms with Crippen molar-refractivity contribution in [2.45, 2.75) is 32.2 Å². The summed E-state index contributed by atoms with van der Waals surface area (Å²) in [5.74, 6) is 0. The van der Waals surface area contributed by atoms with E-state index in [-0.39, 0.29) is 5.54 Å². The highest BCUT2D eigenvalue weighted by Gasteiger charge is 2.27. The summed E-state index contributed by atoms with van der Waals surface area (Å²) in [7, 11) is 0. The highest BCUT2D eigenvalue weighted by atomic mass is 127. The molecule has 1 aliphatic heterocycles. The van der Waals surface area contributed by atoms with Crippen LogP contribution < -0.4 is 10.2 Å². The van der Waals surface area contributed by atoms with E-state index >= 15 is 0 Å². The molecule has 1 aliphatic rings. The van der Waals surface area contributed by atoms with Gasteiger partial charge in [0.15, 0.2) is 0 Å². The van der Waals surface area contributed by atoms with E-state index in [1.165, 1.54) is 22.1 Å². The molecule has 0 aromatic heterocycles. The lowest BCUT2D eigenvalue weighted by atomic mass is 9.98. The lowest BCUT2D eigenvalue weighted by molar-refractivity contribution is 0.366. The van der Waals surface area contributed by atoms with Crippen molar-refractivity contribution in [1.29, 1.82) is 0 Å². The smallest absolute Gasteiger partial charge is 0.0377 e. The molecule has 1 aromatic carbocycles. The van der Waals surface area contributed by atoms with Crippen LogP contribution in [-0.4, -0.2) is 25.2 Å². The van der Waals surface area contributed by atoms with Crippen LogP contribution >= 0.6 is 22.6 Å². The number of nitrogens with one attached hydrogen (secondary N) is 1. The summed E-state index contributed by atoms with van der Waals surface area (Å²) in [6.45, 7) is 7.99. The molecule has 1 saturated heterocycles. The molecule has 1 unspecified atom stereocenters. The average molecular weight is 344 g/mol. The molecular formula is C14H21IN2. The van der Waals surface area contributed by atoms with Crippen LogP contribution in [0.5, 0.6) is 0 Å². The summed E-state index contributed by atoms with van der Waals surface area (Å²) < 4.78 is 1.32. The standard InChI is InChI=1S/C14H21IN2/c1-3-14(2)11-17(9-5-8-16-14)13-7-4-6-12(15)10-13/h4,6-7,10,16H,3,5,8-9,11H2,1-2H3. The van der Waals surface area contributed by atoms with Gasteiger partial charge in [0.05, 0.1) is 0 Å². The van der Waals surface area contributed by atoms with Crippen LogP contribution in [0.4, 0.5) is 5.69 Å². The zero-order valence-electron chi connectivity index (χ0n) is 10.7. The van der Waals surface area contributed by atoms with Crippen molar-refractivity contribution in [2.24, 2.45) is 0 Å². The van der Waals surface area contributed by atoms with E-state index in [0.29, 0.717) is 0 Å². The van der Waals surface area contributed by atoms with E-state index in [1.807, 2.05) is 0 Å². The first-order valence-electron chi connectivity index (χ1n) is 6.38. The maximum Gasteiger partial charge on any atom is 0.0377 e. The van der Waals surface area contributed by atoms with Crippen molar-refractivity contribution < 1.29 is 0 Å². The van der Waals surface area contributed by atoms with Crippen LogP contribution in [0.25, 0.3) is 0 Å². The fourth-order valence-corrected chi connectivity index (χ4v) is 2.87. The molecule has 0 radical (unpaired) electrons. The number of rotatable bonds is 2.